The van der Waals surface area contributed by atoms with E-state index in [1.807, 2.05) is 43.3 Å². The fourth-order valence-electron chi connectivity index (χ4n) is 2.18. The minimum atomic E-state index is -0.523. The van der Waals surface area contributed by atoms with Crippen LogP contribution in [0.4, 0.5) is 5.69 Å². The molecule has 0 saturated heterocycles. The van der Waals surface area contributed by atoms with Crippen molar-refractivity contribution in [1.29, 1.82) is 0 Å². The van der Waals surface area contributed by atoms with Crippen LogP contribution in [-0.2, 0) is 14.3 Å². The molecule has 0 spiro atoms. The number of thioether (sulfide) groups is 1. The van der Waals surface area contributed by atoms with Gasteiger partial charge in [0.1, 0.15) is 5.25 Å². The van der Waals surface area contributed by atoms with Crippen LogP contribution < -0.4 is 5.32 Å². The van der Waals surface area contributed by atoms with E-state index in [9.17, 15) is 9.59 Å². The van der Waals surface area contributed by atoms with Gasteiger partial charge in [-0.15, -0.1) is 11.8 Å². The SMILES string of the molecule is CCOC(=O)CS[C@H](C(=O)Nc1ccc(C)c(Cl)c1)c1ccccc1. The summed E-state index contributed by atoms with van der Waals surface area (Å²) in [6.07, 6.45) is 0. The van der Waals surface area contributed by atoms with E-state index in [1.165, 1.54) is 11.8 Å². The van der Waals surface area contributed by atoms with Gasteiger partial charge >= 0.3 is 5.97 Å². The monoisotopic (exact) mass is 377 g/mol. The smallest absolute Gasteiger partial charge is 0.315 e. The molecule has 6 heteroatoms. The van der Waals surface area contributed by atoms with Crippen molar-refractivity contribution in [2.45, 2.75) is 19.1 Å². The number of esters is 1. The van der Waals surface area contributed by atoms with E-state index in [2.05, 4.69) is 5.32 Å². The lowest BCUT2D eigenvalue weighted by Crippen LogP contribution is -2.20. The van der Waals surface area contributed by atoms with Crippen molar-refractivity contribution in [3.63, 3.8) is 0 Å². The predicted octanol–water partition coefficient (Wildman–Crippen LogP) is 4.62. The third-order valence-corrected chi connectivity index (χ3v) is 5.08. The first-order valence-electron chi connectivity index (χ1n) is 7.90. The number of aryl methyl sites for hydroxylation is 1. The first-order chi connectivity index (χ1) is 12.0. The second-order valence-electron chi connectivity index (χ2n) is 5.36. The summed E-state index contributed by atoms with van der Waals surface area (Å²) in [6, 6.07) is 14.7. The lowest BCUT2D eigenvalue weighted by molar-refractivity contribution is -0.139. The van der Waals surface area contributed by atoms with Gasteiger partial charge in [0.15, 0.2) is 0 Å². The van der Waals surface area contributed by atoms with Crippen LogP contribution >= 0.6 is 23.4 Å². The van der Waals surface area contributed by atoms with Gasteiger partial charge in [0.25, 0.3) is 0 Å². The Balaban J connectivity index is 2.14. The summed E-state index contributed by atoms with van der Waals surface area (Å²) in [4.78, 5) is 24.4. The highest BCUT2D eigenvalue weighted by Gasteiger charge is 2.23. The van der Waals surface area contributed by atoms with E-state index in [-0.39, 0.29) is 17.6 Å². The van der Waals surface area contributed by atoms with Crippen LogP contribution in [0.5, 0.6) is 0 Å². The molecule has 2 rings (SSSR count). The van der Waals surface area contributed by atoms with Crippen LogP contribution in [0.15, 0.2) is 48.5 Å². The normalized spacial score (nSPS) is 11.6. The molecule has 2 aromatic rings. The minimum Gasteiger partial charge on any atom is -0.465 e. The van der Waals surface area contributed by atoms with Crippen molar-refractivity contribution >= 4 is 40.9 Å². The topological polar surface area (TPSA) is 55.4 Å². The molecule has 0 aromatic heterocycles. The van der Waals surface area contributed by atoms with Crippen molar-refractivity contribution < 1.29 is 14.3 Å². The Morgan fingerprint density at radius 1 is 1.20 bits per heavy atom. The third-order valence-electron chi connectivity index (χ3n) is 3.45. The third kappa shape index (κ3) is 5.80. The Morgan fingerprint density at radius 3 is 2.56 bits per heavy atom. The van der Waals surface area contributed by atoms with Crippen LogP contribution in [0.3, 0.4) is 0 Å². The van der Waals surface area contributed by atoms with Crippen LogP contribution in [0.1, 0.15) is 23.3 Å². The molecule has 132 valence electrons. The van der Waals surface area contributed by atoms with Crippen molar-refractivity contribution in [2.75, 3.05) is 17.7 Å². The summed E-state index contributed by atoms with van der Waals surface area (Å²) >= 11 is 7.35. The van der Waals surface area contributed by atoms with Crippen LogP contribution in [-0.4, -0.2) is 24.2 Å². The van der Waals surface area contributed by atoms with Crippen LogP contribution in [0, 0.1) is 6.92 Å². The number of amides is 1. The Hall–Kier alpha value is -1.98. The van der Waals surface area contributed by atoms with Gasteiger partial charge in [0, 0.05) is 10.7 Å². The Labute approximate surface area is 156 Å². The Kier molecular flexibility index (Phi) is 7.34. The lowest BCUT2D eigenvalue weighted by Gasteiger charge is -2.17. The molecule has 1 amide bonds. The molecule has 0 aliphatic heterocycles. The molecule has 0 fully saturated rings. The first-order valence-corrected chi connectivity index (χ1v) is 9.33. The maximum absolute atomic E-state index is 12.8. The van der Waals surface area contributed by atoms with E-state index in [1.54, 1.807) is 19.1 Å². The highest BCUT2D eigenvalue weighted by Crippen LogP contribution is 2.31. The molecule has 0 radical (unpaired) electrons. The zero-order valence-electron chi connectivity index (χ0n) is 14.1. The van der Waals surface area contributed by atoms with Crippen molar-refractivity contribution in [2.24, 2.45) is 0 Å². The number of benzene rings is 2. The minimum absolute atomic E-state index is 0.107. The number of nitrogens with one attached hydrogen (secondary N) is 1. The van der Waals surface area contributed by atoms with Gasteiger partial charge in [-0.05, 0) is 37.1 Å². The molecule has 0 unspecified atom stereocenters. The lowest BCUT2D eigenvalue weighted by atomic mass is 10.1. The molecule has 0 aliphatic carbocycles. The van der Waals surface area contributed by atoms with Crippen LogP contribution in [0.2, 0.25) is 5.02 Å². The van der Waals surface area contributed by atoms with Gasteiger partial charge < -0.3 is 10.1 Å². The van der Waals surface area contributed by atoms with Gasteiger partial charge in [-0.25, -0.2) is 0 Å². The number of anilines is 1. The van der Waals surface area contributed by atoms with Gasteiger partial charge in [0.05, 0.1) is 12.4 Å². The molecule has 1 N–H and O–H groups in total. The number of hydrogen-bond donors (Lipinski definition) is 1. The van der Waals surface area contributed by atoms with Gasteiger partial charge in [-0.2, -0.15) is 0 Å². The van der Waals surface area contributed by atoms with E-state index >= 15 is 0 Å². The zero-order valence-corrected chi connectivity index (χ0v) is 15.7. The molecule has 0 heterocycles. The average molecular weight is 378 g/mol. The van der Waals surface area contributed by atoms with Gasteiger partial charge in [-0.1, -0.05) is 48.0 Å². The maximum Gasteiger partial charge on any atom is 0.315 e. The molecule has 25 heavy (non-hydrogen) atoms. The summed E-state index contributed by atoms with van der Waals surface area (Å²) in [5.41, 5.74) is 2.39. The number of hydrogen-bond acceptors (Lipinski definition) is 4. The fraction of sp³-hybridized carbons (Fsp3) is 0.263. The number of halogens is 1. The van der Waals surface area contributed by atoms with E-state index in [0.29, 0.717) is 17.3 Å². The van der Waals surface area contributed by atoms with E-state index < -0.39 is 5.25 Å². The molecule has 0 bridgehead atoms. The largest absolute Gasteiger partial charge is 0.465 e. The van der Waals surface area contributed by atoms with Crippen molar-refractivity contribution in [1.82, 2.24) is 0 Å². The second kappa shape index (κ2) is 9.49. The summed E-state index contributed by atoms with van der Waals surface area (Å²) < 4.78 is 4.95. The molecule has 4 nitrogen and oxygen atoms in total. The summed E-state index contributed by atoms with van der Waals surface area (Å²) in [7, 11) is 0. The number of carbonyl (C=O) groups excluding carboxylic acids is 2. The fourth-order valence-corrected chi connectivity index (χ4v) is 3.31. The standard InChI is InChI=1S/C19H20ClNO3S/c1-3-24-17(22)12-25-18(14-7-5-4-6-8-14)19(23)21-15-10-9-13(2)16(20)11-15/h4-11,18H,3,12H2,1-2H3,(H,21,23)/t18-/m0/s1. The maximum atomic E-state index is 12.8. The molecular weight excluding hydrogens is 358 g/mol. The van der Waals surface area contributed by atoms with E-state index in [4.69, 9.17) is 16.3 Å². The highest BCUT2D eigenvalue weighted by molar-refractivity contribution is 8.00. The summed E-state index contributed by atoms with van der Waals surface area (Å²) in [6.45, 7) is 3.98. The number of rotatable bonds is 7. The second-order valence-corrected chi connectivity index (χ2v) is 6.86. The molecule has 2 aromatic carbocycles. The zero-order chi connectivity index (χ0) is 18.2. The van der Waals surface area contributed by atoms with Gasteiger partial charge in [0.2, 0.25) is 5.91 Å². The number of carbonyl (C=O) groups is 2. The van der Waals surface area contributed by atoms with Crippen molar-refractivity contribution in [3.05, 3.63) is 64.7 Å². The first kappa shape index (κ1) is 19.3. The molecular formula is C19H20ClNO3S. The number of ether oxygens (including phenoxy) is 1. The Bertz CT molecular complexity index is 737. The molecule has 0 saturated carbocycles. The van der Waals surface area contributed by atoms with E-state index in [0.717, 1.165) is 11.1 Å². The highest BCUT2D eigenvalue weighted by atomic mass is 35.5. The van der Waals surface area contributed by atoms with Crippen molar-refractivity contribution in [3.8, 4) is 0 Å². The Morgan fingerprint density at radius 2 is 1.92 bits per heavy atom. The summed E-state index contributed by atoms with van der Waals surface area (Å²) in [5, 5.41) is 2.94. The quantitative estimate of drug-likeness (QED) is 0.715. The van der Waals surface area contributed by atoms with Gasteiger partial charge in [-0.3, -0.25) is 9.59 Å². The molecule has 0 aliphatic rings. The summed E-state index contributed by atoms with van der Waals surface area (Å²) in [5.74, 6) is -0.435. The average Bonchev–Trinajstić information content (AvgIpc) is 2.59. The predicted molar refractivity (Wildman–Crippen MR) is 103 cm³/mol. The molecule has 1 atom stereocenters. The van der Waals surface area contributed by atoms with Crippen LogP contribution in [0.25, 0.3) is 0 Å².